The fourth-order valence-electron chi connectivity index (χ4n) is 3.35. The third kappa shape index (κ3) is 4.07. The lowest BCUT2D eigenvalue weighted by atomic mass is 10.1. The summed E-state index contributed by atoms with van der Waals surface area (Å²) in [7, 11) is 1.67. The average Bonchev–Trinajstić information content (AvgIpc) is 3.44. The van der Waals surface area contributed by atoms with E-state index in [0.29, 0.717) is 0 Å². The van der Waals surface area contributed by atoms with Crippen molar-refractivity contribution in [2.45, 2.75) is 23.8 Å². The molecule has 5 nitrogen and oxygen atoms in total. The van der Waals surface area contributed by atoms with Gasteiger partial charge in [-0.1, -0.05) is 30.0 Å². The van der Waals surface area contributed by atoms with Gasteiger partial charge >= 0.3 is 0 Å². The lowest BCUT2D eigenvalue weighted by Gasteiger charge is -2.15. The summed E-state index contributed by atoms with van der Waals surface area (Å²) in [6.07, 6.45) is 5.98. The summed E-state index contributed by atoms with van der Waals surface area (Å²) in [4.78, 5) is 18.9. The molecule has 1 aromatic heterocycles. The molecule has 0 N–H and O–H groups in total. The summed E-state index contributed by atoms with van der Waals surface area (Å²) in [6, 6.07) is 15.9. The van der Waals surface area contributed by atoms with Gasteiger partial charge in [0.25, 0.3) is 5.91 Å². The van der Waals surface area contributed by atoms with E-state index in [4.69, 9.17) is 4.74 Å². The molecule has 4 rings (SSSR count). The van der Waals surface area contributed by atoms with Gasteiger partial charge in [0.05, 0.1) is 12.8 Å². The Morgan fingerprint density at radius 1 is 1.14 bits per heavy atom. The molecule has 2 aromatic carbocycles. The lowest BCUT2D eigenvalue weighted by Crippen LogP contribution is -2.27. The minimum Gasteiger partial charge on any atom is -0.497 e. The zero-order chi connectivity index (χ0) is 19.3. The Labute approximate surface area is 169 Å². The van der Waals surface area contributed by atoms with Crippen LogP contribution in [0.2, 0.25) is 0 Å². The topological polar surface area (TPSA) is 47.4 Å². The molecule has 0 saturated carbocycles. The molecule has 1 amide bonds. The molecule has 2 heterocycles. The molecule has 0 spiro atoms. The van der Waals surface area contributed by atoms with Crippen LogP contribution in [0.4, 0.5) is 0 Å². The normalized spacial score (nSPS) is 13.7. The summed E-state index contributed by atoms with van der Waals surface area (Å²) in [5.74, 6) is 1.75. The van der Waals surface area contributed by atoms with E-state index in [1.165, 1.54) is 5.56 Å². The smallest absolute Gasteiger partial charge is 0.253 e. The number of imidazole rings is 1. The number of amides is 1. The minimum atomic E-state index is 0.144. The first-order valence-corrected chi connectivity index (χ1v) is 10.4. The van der Waals surface area contributed by atoms with Gasteiger partial charge in [0.2, 0.25) is 0 Å². The van der Waals surface area contributed by atoms with E-state index in [-0.39, 0.29) is 5.91 Å². The molecule has 6 heteroatoms. The van der Waals surface area contributed by atoms with E-state index in [0.717, 1.165) is 53.8 Å². The van der Waals surface area contributed by atoms with Gasteiger partial charge in [-0.15, -0.1) is 0 Å². The largest absolute Gasteiger partial charge is 0.497 e. The summed E-state index contributed by atoms with van der Waals surface area (Å²) >= 11 is 1.67. The number of carbonyl (C=O) groups excluding carboxylic acids is 1. The van der Waals surface area contributed by atoms with Crippen molar-refractivity contribution in [3.63, 3.8) is 0 Å². The molecule has 0 bridgehead atoms. The maximum atomic E-state index is 12.5. The third-order valence-corrected chi connectivity index (χ3v) is 5.94. The van der Waals surface area contributed by atoms with Crippen LogP contribution in [0.1, 0.15) is 28.8 Å². The van der Waals surface area contributed by atoms with Crippen molar-refractivity contribution in [1.82, 2.24) is 14.5 Å². The van der Waals surface area contributed by atoms with Gasteiger partial charge in [0, 0.05) is 42.9 Å². The van der Waals surface area contributed by atoms with E-state index in [1.54, 1.807) is 25.1 Å². The van der Waals surface area contributed by atoms with Crippen molar-refractivity contribution in [2.75, 3.05) is 20.2 Å². The van der Waals surface area contributed by atoms with Crippen molar-refractivity contribution in [2.24, 2.45) is 0 Å². The van der Waals surface area contributed by atoms with Crippen molar-refractivity contribution in [3.05, 3.63) is 72.1 Å². The maximum Gasteiger partial charge on any atom is 0.253 e. The van der Waals surface area contributed by atoms with Crippen LogP contribution in [0.3, 0.4) is 0 Å². The quantitative estimate of drug-likeness (QED) is 0.582. The highest BCUT2D eigenvalue weighted by molar-refractivity contribution is 7.98. The Hall–Kier alpha value is -2.73. The number of hydrogen-bond donors (Lipinski definition) is 0. The molecular weight excluding hydrogens is 370 g/mol. The number of likely N-dealkylation sites (tertiary alicyclic amines) is 1. The summed E-state index contributed by atoms with van der Waals surface area (Å²) < 4.78 is 7.37. The number of carbonyl (C=O) groups is 1. The van der Waals surface area contributed by atoms with Crippen LogP contribution in [0.25, 0.3) is 5.69 Å². The third-order valence-electron chi connectivity index (χ3n) is 4.90. The average molecular weight is 394 g/mol. The molecule has 1 fully saturated rings. The number of nitrogens with zero attached hydrogens (tertiary/aromatic N) is 3. The Kier molecular flexibility index (Phi) is 5.67. The van der Waals surface area contributed by atoms with Gasteiger partial charge < -0.3 is 9.64 Å². The standard InChI is InChI=1S/C22H23N3O2S/c1-27-20-6-4-5-19(15-20)25-14-11-23-22(25)28-16-17-7-9-18(10-8-17)21(26)24-12-2-3-13-24/h4-11,14-15H,2-3,12-13,16H2,1H3. The van der Waals surface area contributed by atoms with Crippen LogP contribution < -0.4 is 4.74 Å². The fourth-order valence-corrected chi connectivity index (χ4v) is 4.28. The van der Waals surface area contributed by atoms with Crippen LogP contribution in [-0.2, 0) is 5.75 Å². The Balaban J connectivity index is 1.42. The number of benzene rings is 2. The first-order valence-electron chi connectivity index (χ1n) is 9.43. The number of thioether (sulfide) groups is 1. The second kappa shape index (κ2) is 8.52. The Bertz CT molecular complexity index is 946. The van der Waals surface area contributed by atoms with Gasteiger partial charge in [0.1, 0.15) is 5.75 Å². The second-order valence-electron chi connectivity index (χ2n) is 6.77. The molecule has 0 atom stereocenters. The minimum absolute atomic E-state index is 0.144. The molecule has 0 radical (unpaired) electrons. The molecule has 1 aliphatic heterocycles. The monoisotopic (exact) mass is 393 g/mol. The van der Waals surface area contributed by atoms with Crippen LogP contribution in [0.15, 0.2) is 66.1 Å². The van der Waals surface area contributed by atoms with Crippen LogP contribution in [0, 0.1) is 0 Å². The highest BCUT2D eigenvalue weighted by Gasteiger charge is 2.19. The first-order chi connectivity index (χ1) is 13.7. The number of aromatic nitrogens is 2. The zero-order valence-corrected chi connectivity index (χ0v) is 16.7. The van der Waals surface area contributed by atoms with Crippen LogP contribution in [0.5, 0.6) is 5.75 Å². The predicted octanol–water partition coefficient (Wildman–Crippen LogP) is 4.41. The van der Waals surface area contributed by atoms with Gasteiger partial charge in [0.15, 0.2) is 5.16 Å². The SMILES string of the molecule is COc1cccc(-n2ccnc2SCc2ccc(C(=O)N3CCCC3)cc2)c1. The lowest BCUT2D eigenvalue weighted by molar-refractivity contribution is 0.0793. The van der Waals surface area contributed by atoms with E-state index in [9.17, 15) is 4.79 Å². The van der Waals surface area contributed by atoms with Crippen LogP contribution >= 0.6 is 11.8 Å². The van der Waals surface area contributed by atoms with Crippen molar-refractivity contribution >= 4 is 17.7 Å². The van der Waals surface area contributed by atoms with Crippen molar-refractivity contribution in [3.8, 4) is 11.4 Å². The molecule has 0 unspecified atom stereocenters. The molecule has 1 aliphatic rings. The van der Waals surface area contributed by atoms with Crippen molar-refractivity contribution in [1.29, 1.82) is 0 Å². The Morgan fingerprint density at radius 2 is 1.93 bits per heavy atom. The number of ether oxygens (including phenoxy) is 1. The second-order valence-corrected chi connectivity index (χ2v) is 7.71. The molecule has 1 saturated heterocycles. The highest BCUT2D eigenvalue weighted by atomic mass is 32.2. The first kappa shape index (κ1) is 18.6. The van der Waals surface area contributed by atoms with Crippen LogP contribution in [-0.4, -0.2) is 40.6 Å². The van der Waals surface area contributed by atoms with E-state index in [1.807, 2.05) is 59.6 Å². The summed E-state index contributed by atoms with van der Waals surface area (Å²) in [6.45, 7) is 1.76. The molecule has 3 aromatic rings. The maximum absolute atomic E-state index is 12.5. The van der Waals surface area contributed by atoms with E-state index < -0.39 is 0 Å². The number of rotatable bonds is 6. The molecule has 144 valence electrons. The molecule has 0 aliphatic carbocycles. The molecular formula is C22H23N3O2S. The summed E-state index contributed by atoms with van der Waals surface area (Å²) in [5.41, 5.74) is 2.96. The van der Waals surface area contributed by atoms with Gasteiger partial charge in [-0.3, -0.25) is 9.36 Å². The van der Waals surface area contributed by atoms with Crippen molar-refractivity contribution < 1.29 is 9.53 Å². The number of methoxy groups -OCH3 is 1. The van der Waals surface area contributed by atoms with Gasteiger partial charge in [-0.2, -0.15) is 0 Å². The van der Waals surface area contributed by atoms with Gasteiger partial charge in [-0.05, 0) is 42.7 Å². The number of hydrogen-bond acceptors (Lipinski definition) is 4. The summed E-state index contributed by atoms with van der Waals surface area (Å²) in [5, 5.41) is 0.922. The predicted molar refractivity (Wildman–Crippen MR) is 111 cm³/mol. The zero-order valence-electron chi connectivity index (χ0n) is 15.9. The highest BCUT2D eigenvalue weighted by Crippen LogP contribution is 2.26. The van der Waals surface area contributed by atoms with Gasteiger partial charge in [-0.25, -0.2) is 4.98 Å². The fraction of sp³-hybridized carbons (Fsp3) is 0.273. The Morgan fingerprint density at radius 3 is 2.68 bits per heavy atom. The van der Waals surface area contributed by atoms with E-state index >= 15 is 0 Å². The van der Waals surface area contributed by atoms with E-state index in [2.05, 4.69) is 9.55 Å². The molecule has 28 heavy (non-hydrogen) atoms.